The molecule has 2 atom stereocenters. The van der Waals surface area contributed by atoms with Crippen LogP contribution in [-0.4, -0.2) is 50.2 Å². The van der Waals surface area contributed by atoms with Gasteiger partial charge in [0, 0.05) is 12.6 Å². The molecule has 0 radical (unpaired) electrons. The predicted molar refractivity (Wildman–Crippen MR) is 105 cm³/mol. The number of guanidine groups is 1. The quantitative estimate of drug-likeness (QED) is 0.447. The summed E-state index contributed by atoms with van der Waals surface area (Å²) >= 11 is 0. The molecule has 1 aromatic carbocycles. The first-order valence-corrected chi connectivity index (χ1v) is 9.89. The third kappa shape index (κ3) is 7.30. The lowest BCUT2D eigenvalue weighted by atomic mass is 9.85. The molecule has 164 valence electrons. The van der Waals surface area contributed by atoms with E-state index in [-0.39, 0.29) is 32.1 Å². The fraction of sp³-hybridized carbons (Fsp3) is 0.650. The molecule has 1 saturated carbocycles. The first-order chi connectivity index (χ1) is 13.9. The first kappa shape index (κ1) is 23.1. The van der Waals surface area contributed by atoms with Crippen LogP contribution in [0, 0.1) is 5.92 Å². The molecule has 9 heteroatoms. The van der Waals surface area contributed by atoms with E-state index in [1.165, 1.54) is 7.11 Å². The van der Waals surface area contributed by atoms with Crippen LogP contribution in [0.5, 0.6) is 11.5 Å². The lowest BCUT2D eigenvalue weighted by molar-refractivity contribution is -0.183. The molecule has 1 aromatic rings. The second-order valence-corrected chi connectivity index (χ2v) is 7.00. The number of hydrogen-bond donors (Lipinski definition) is 3. The van der Waals surface area contributed by atoms with Crippen molar-refractivity contribution in [3.8, 4) is 11.5 Å². The van der Waals surface area contributed by atoms with Gasteiger partial charge in [-0.3, -0.25) is 0 Å². The summed E-state index contributed by atoms with van der Waals surface area (Å²) in [6.45, 7) is 2.93. The average molecular weight is 417 g/mol. The van der Waals surface area contributed by atoms with Crippen LogP contribution in [0.1, 0.15) is 38.2 Å². The highest BCUT2D eigenvalue weighted by Gasteiger charge is 2.42. The number of nitrogens with zero attached hydrogens (tertiary/aromatic N) is 1. The van der Waals surface area contributed by atoms with Gasteiger partial charge in [-0.25, -0.2) is 4.99 Å². The molecule has 1 aliphatic rings. The zero-order valence-corrected chi connectivity index (χ0v) is 16.9. The van der Waals surface area contributed by atoms with E-state index < -0.39 is 12.1 Å². The number of hydrogen-bond acceptors (Lipinski definition) is 4. The number of aliphatic hydroxyl groups excluding tert-OH is 1. The maximum atomic E-state index is 13.0. The van der Waals surface area contributed by atoms with E-state index in [1.807, 2.05) is 13.0 Å². The number of rotatable bonds is 8. The Morgan fingerprint density at radius 2 is 2.07 bits per heavy atom. The van der Waals surface area contributed by atoms with Gasteiger partial charge in [0.15, 0.2) is 17.5 Å². The van der Waals surface area contributed by atoms with Gasteiger partial charge in [0.25, 0.3) is 0 Å². The minimum Gasteiger partial charge on any atom is -0.493 e. The number of benzene rings is 1. The lowest BCUT2D eigenvalue weighted by Crippen LogP contribution is -2.46. The predicted octanol–water partition coefficient (Wildman–Crippen LogP) is 3.24. The Balaban J connectivity index is 2.03. The largest absolute Gasteiger partial charge is 0.493 e. The highest BCUT2D eigenvalue weighted by atomic mass is 19.4. The Morgan fingerprint density at radius 3 is 2.72 bits per heavy atom. The highest BCUT2D eigenvalue weighted by molar-refractivity contribution is 5.80. The van der Waals surface area contributed by atoms with Crippen molar-refractivity contribution in [1.82, 2.24) is 10.6 Å². The van der Waals surface area contributed by atoms with Crippen LogP contribution in [0.15, 0.2) is 23.2 Å². The van der Waals surface area contributed by atoms with Crippen LogP contribution in [-0.2, 0) is 6.54 Å². The minimum absolute atomic E-state index is 0.0681. The maximum Gasteiger partial charge on any atom is 0.391 e. The van der Waals surface area contributed by atoms with Gasteiger partial charge in [-0.15, -0.1) is 0 Å². The van der Waals surface area contributed by atoms with Crippen LogP contribution in [0.3, 0.4) is 0 Å². The summed E-state index contributed by atoms with van der Waals surface area (Å²) < 4.78 is 49.8. The highest BCUT2D eigenvalue weighted by Crippen LogP contribution is 2.37. The molecule has 1 fully saturated rings. The molecule has 0 heterocycles. The number of nitrogens with one attached hydrogen (secondary N) is 2. The van der Waals surface area contributed by atoms with E-state index in [9.17, 15) is 13.2 Å². The number of aliphatic imine (C=N–C) groups is 1. The summed E-state index contributed by atoms with van der Waals surface area (Å²) in [7, 11) is 1.53. The van der Waals surface area contributed by atoms with E-state index in [0.717, 1.165) is 5.56 Å². The molecule has 0 bridgehead atoms. The molecule has 6 nitrogen and oxygen atoms in total. The molecule has 3 N–H and O–H groups in total. The third-order valence-corrected chi connectivity index (χ3v) is 4.82. The number of methoxy groups -OCH3 is 1. The lowest BCUT2D eigenvalue weighted by Gasteiger charge is -2.31. The molecular formula is C20H30F3N3O3. The number of alkyl halides is 3. The summed E-state index contributed by atoms with van der Waals surface area (Å²) in [6.07, 6.45) is -2.64. The summed E-state index contributed by atoms with van der Waals surface area (Å²) in [5.41, 5.74) is 0.868. The van der Waals surface area contributed by atoms with Gasteiger partial charge in [0.2, 0.25) is 0 Å². The van der Waals surface area contributed by atoms with Gasteiger partial charge in [-0.2, -0.15) is 13.2 Å². The Hall–Kier alpha value is -2.16. The molecule has 0 spiro atoms. The van der Waals surface area contributed by atoms with Crippen LogP contribution in [0.25, 0.3) is 0 Å². The smallest absolute Gasteiger partial charge is 0.391 e. The average Bonchev–Trinajstić information content (AvgIpc) is 2.70. The van der Waals surface area contributed by atoms with Crippen molar-refractivity contribution in [2.24, 2.45) is 10.9 Å². The van der Waals surface area contributed by atoms with Gasteiger partial charge >= 0.3 is 6.18 Å². The summed E-state index contributed by atoms with van der Waals surface area (Å²) in [6, 6.07) is 5.12. The van der Waals surface area contributed by atoms with Crippen LogP contribution >= 0.6 is 0 Å². The maximum absolute atomic E-state index is 13.0. The second kappa shape index (κ2) is 11.1. The van der Waals surface area contributed by atoms with E-state index >= 15 is 0 Å². The summed E-state index contributed by atoms with van der Waals surface area (Å²) in [4.78, 5) is 4.51. The molecule has 1 aliphatic carbocycles. The van der Waals surface area contributed by atoms with Crippen LogP contribution in [0.2, 0.25) is 0 Å². The van der Waals surface area contributed by atoms with E-state index in [2.05, 4.69) is 15.6 Å². The SMILES string of the molecule is CCNC(=NCc1ccc(OCCO)c(OC)c1)NC1CCCC(C(F)(F)F)C1. The molecule has 29 heavy (non-hydrogen) atoms. The topological polar surface area (TPSA) is 75.1 Å². The van der Waals surface area contributed by atoms with Crippen molar-refractivity contribution in [2.75, 3.05) is 26.9 Å². The van der Waals surface area contributed by atoms with E-state index in [4.69, 9.17) is 14.6 Å². The number of ether oxygens (including phenoxy) is 2. The van der Waals surface area contributed by atoms with Crippen molar-refractivity contribution in [3.05, 3.63) is 23.8 Å². The fourth-order valence-corrected chi connectivity index (χ4v) is 3.39. The van der Waals surface area contributed by atoms with Crippen molar-refractivity contribution < 1.29 is 27.8 Å². The normalized spacial score (nSPS) is 20.3. The van der Waals surface area contributed by atoms with Crippen molar-refractivity contribution in [3.63, 3.8) is 0 Å². The first-order valence-electron chi connectivity index (χ1n) is 9.89. The molecule has 0 amide bonds. The molecule has 0 aliphatic heterocycles. The van der Waals surface area contributed by atoms with Gasteiger partial charge in [-0.05, 0) is 43.9 Å². The third-order valence-electron chi connectivity index (χ3n) is 4.82. The Kier molecular flexibility index (Phi) is 8.88. The van der Waals surface area contributed by atoms with Crippen molar-refractivity contribution in [2.45, 2.75) is 51.4 Å². The molecule has 2 rings (SSSR count). The Morgan fingerprint density at radius 1 is 1.28 bits per heavy atom. The van der Waals surface area contributed by atoms with Crippen LogP contribution < -0.4 is 20.1 Å². The summed E-state index contributed by atoms with van der Waals surface area (Å²) in [5, 5.41) is 15.1. The van der Waals surface area contributed by atoms with E-state index in [0.29, 0.717) is 43.4 Å². The van der Waals surface area contributed by atoms with Crippen molar-refractivity contribution in [1.29, 1.82) is 0 Å². The van der Waals surface area contributed by atoms with Gasteiger partial charge in [-0.1, -0.05) is 12.5 Å². The minimum atomic E-state index is -4.15. The number of halogens is 3. The fourth-order valence-electron chi connectivity index (χ4n) is 3.39. The standard InChI is InChI=1S/C20H30F3N3O3/c1-3-24-19(26-16-6-4-5-15(12-16)20(21,22)23)25-13-14-7-8-17(29-10-9-27)18(11-14)28-2/h7-8,11,15-16,27H,3-6,9-10,12-13H2,1-2H3,(H2,24,25,26). The molecule has 0 saturated heterocycles. The van der Waals surface area contributed by atoms with Crippen molar-refractivity contribution >= 4 is 5.96 Å². The van der Waals surface area contributed by atoms with Gasteiger partial charge < -0.3 is 25.2 Å². The van der Waals surface area contributed by atoms with Gasteiger partial charge in [0.1, 0.15) is 6.61 Å². The zero-order chi connectivity index (χ0) is 21.3. The Labute approximate surface area is 169 Å². The number of aliphatic hydroxyl groups is 1. The van der Waals surface area contributed by atoms with Crippen LogP contribution in [0.4, 0.5) is 13.2 Å². The summed E-state index contributed by atoms with van der Waals surface area (Å²) in [5.74, 6) is 0.302. The zero-order valence-electron chi connectivity index (χ0n) is 16.9. The molecule has 0 aromatic heterocycles. The monoisotopic (exact) mass is 417 g/mol. The van der Waals surface area contributed by atoms with Gasteiger partial charge in [0.05, 0.1) is 26.2 Å². The molecule has 2 unspecified atom stereocenters. The molecular weight excluding hydrogens is 387 g/mol. The Bertz CT molecular complexity index is 668. The second-order valence-electron chi connectivity index (χ2n) is 7.00. The van der Waals surface area contributed by atoms with E-state index in [1.54, 1.807) is 12.1 Å².